The zero-order chi connectivity index (χ0) is 16.8. The van der Waals surface area contributed by atoms with Crippen molar-refractivity contribution in [3.63, 3.8) is 0 Å². The zero-order valence-corrected chi connectivity index (χ0v) is 14.9. The van der Waals surface area contributed by atoms with Gasteiger partial charge in [0.1, 0.15) is 0 Å². The molecule has 0 atom stereocenters. The van der Waals surface area contributed by atoms with Crippen LogP contribution in [0.4, 0.5) is 5.69 Å². The molecule has 4 nitrogen and oxygen atoms in total. The van der Waals surface area contributed by atoms with Crippen LogP contribution in [0.3, 0.4) is 0 Å². The van der Waals surface area contributed by atoms with E-state index in [-0.39, 0.29) is 11.8 Å². The van der Waals surface area contributed by atoms with Gasteiger partial charge in [0.15, 0.2) is 0 Å². The molecule has 1 aromatic rings. The fourth-order valence-corrected chi connectivity index (χ4v) is 3.10. The Kier molecular flexibility index (Phi) is 6.72. The Balaban J connectivity index is 2.00. The van der Waals surface area contributed by atoms with Crippen LogP contribution < -0.4 is 4.90 Å². The third kappa shape index (κ3) is 5.11. The van der Waals surface area contributed by atoms with E-state index in [4.69, 9.17) is 23.2 Å². The molecule has 0 bridgehead atoms. The summed E-state index contributed by atoms with van der Waals surface area (Å²) in [5, 5.41) is 0.842. The number of anilines is 1. The van der Waals surface area contributed by atoms with Gasteiger partial charge in [0.25, 0.3) is 0 Å². The van der Waals surface area contributed by atoms with E-state index in [1.54, 1.807) is 23.1 Å². The quantitative estimate of drug-likeness (QED) is 0.813. The lowest BCUT2D eigenvalue weighted by Crippen LogP contribution is -2.36. The van der Waals surface area contributed by atoms with Crippen molar-refractivity contribution in [2.45, 2.75) is 39.0 Å². The first-order chi connectivity index (χ1) is 11.0. The fraction of sp³-hybridized carbons (Fsp3) is 0.529. The van der Waals surface area contributed by atoms with Crippen LogP contribution >= 0.6 is 23.2 Å². The van der Waals surface area contributed by atoms with Crippen molar-refractivity contribution in [1.29, 1.82) is 0 Å². The number of benzene rings is 1. The molecule has 23 heavy (non-hydrogen) atoms. The Labute approximate surface area is 147 Å². The molecule has 126 valence electrons. The number of rotatable bonds is 4. The Hall–Kier alpha value is -1.26. The normalized spacial score (nSPS) is 15.2. The maximum atomic E-state index is 12.4. The summed E-state index contributed by atoms with van der Waals surface area (Å²) >= 11 is 11.9. The topological polar surface area (TPSA) is 40.6 Å². The standard InChI is InChI=1S/C17H22Cl2N2O2/c1-13(22)21(14-6-7-15(18)16(19)12-14)11-8-17(23)20-9-4-2-3-5-10-20/h6-7,12H,2-5,8-11H2,1H3. The fourth-order valence-electron chi connectivity index (χ4n) is 2.81. The van der Waals surface area contributed by atoms with Crippen LogP contribution in [0.2, 0.25) is 10.0 Å². The van der Waals surface area contributed by atoms with E-state index in [9.17, 15) is 9.59 Å². The van der Waals surface area contributed by atoms with E-state index in [0.717, 1.165) is 25.9 Å². The van der Waals surface area contributed by atoms with Crippen molar-refractivity contribution in [1.82, 2.24) is 4.90 Å². The largest absolute Gasteiger partial charge is 0.343 e. The second-order valence-electron chi connectivity index (χ2n) is 5.81. The number of likely N-dealkylation sites (tertiary alicyclic amines) is 1. The van der Waals surface area contributed by atoms with Gasteiger partial charge in [-0.1, -0.05) is 36.0 Å². The lowest BCUT2D eigenvalue weighted by Gasteiger charge is -2.24. The van der Waals surface area contributed by atoms with E-state index in [1.165, 1.54) is 19.8 Å². The van der Waals surface area contributed by atoms with Crippen molar-refractivity contribution in [2.75, 3.05) is 24.5 Å². The van der Waals surface area contributed by atoms with Crippen molar-refractivity contribution < 1.29 is 9.59 Å². The number of nitrogens with zero attached hydrogens (tertiary/aromatic N) is 2. The molecule has 0 unspecified atom stereocenters. The monoisotopic (exact) mass is 356 g/mol. The van der Waals surface area contributed by atoms with Gasteiger partial charge in [-0.2, -0.15) is 0 Å². The number of hydrogen-bond donors (Lipinski definition) is 0. The van der Waals surface area contributed by atoms with Crippen molar-refractivity contribution >= 4 is 40.7 Å². The number of carbonyl (C=O) groups excluding carboxylic acids is 2. The third-order valence-electron chi connectivity index (χ3n) is 4.10. The first-order valence-electron chi connectivity index (χ1n) is 8.00. The predicted molar refractivity (Wildman–Crippen MR) is 94.2 cm³/mol. The molecule has 1 aliphatic rings. The van der Waals surface area contributed by atoms with E-state index in [0.29, 0.717) is 28.7 Å². The van der Waals surface area contributed by atoms with Crippen LogP contribution in [0.25, 0.3) is 0 Å². The molecular weight excluding hydrogens is 335 g/mol. The molecule has 1 aliphatic heterocycles. The highest BCUT2D eigenvalue weighted by Gasteiger charge is 2.19. The molecule has 0 spiro atoms. The van der Waals surface area contributed by atoms with E-state index in [1.807, 2.05) is 4.90 Å². The molecule has 0 aromatic heterocycles. The van der Waals surface area contributed by atoms with Gasteiger partial charge in [0.05, 0.1) is 10.0 Å². The summed E-state index contributed by atoms with van der Waals surface area (Å²) in [6, 6.07) is 5.06. The highest BCUT2D eigenvalue weighted by atomic mass is 35.5. The van der Waals surface area contributed by atoms with Gasteiger partial charge < -0.3 is 9.80 Å². The highest BCUT2D eigenvalue weighted by molar-refractivity contribution is 6.42. The van der Waals surface area contributed by atoms with Gasteiger partial charge in [0, 0.05) is 38.7 Å². The lowest BCUT2D eigenvalue weighted by molar-refractivity contribution is -0.131. The minimum absolute atomic E-state index is 0.109. The molecule has 0 aliphatic carbocycles. The van der Waals surface area contributed by atoms with Crippen molar-refractivity contribution in [3.8, 4) is 0 Å². The van der Waals surface area contributed by atoms with Gasteiger partial charge in [-0.3, -0.25) is 9.59 Å². The van der Waals surface area contributed by atoms with Crippen LogP contribution in [0.1, 0.15) is 39.0 Å². The van der Waals surface area contributed by atoms with Crippen LogP contribution in [-0.4, -0.2) is 36.3 Å². The number of halogens is 2. The first kappa shape index (κ1) is 18.1. The SMILES string of the molecule is CC(=O)N(CCC(=O)N1CCCCCC1)c1ccc(Cl)c(Cl)c1. The Bertz CT molecular complexity index is 570. The summed E-state index contributed by atoms with van der Waals surface area (Å²) in [6.45, 7) is 3.49. The average molecular weight is 357 g/mol. The molecule has 2 amide bonds. The predicted octanol–water partition coefficient (Wildman–Crippen LogP) is 4.14. The molecule has 0 saturated carbocycles. The van der Waals surface area contributed by atoms with Gasteiger partial charge in [-0.15, -0.1) is 0 Å². The van der Waals surface area contributed by atoms with Crippen LogP contribution in [0.5, 0.6) is 0 Å². The van der Waals surface area contributed by atoms with Crippen LogP contribution in [0, 0.1) is 0 Å². The molecule has 0 N–H and O–H groups in total. The molecule has 2 rings (SSSR count). The molecular formula is C17H22Cl2N2O2. The van der Waals surface area contributed by atoms with Crippen molar-refractivity contribution in [2.24, 2.45) is 0 Å². The molecule has 0 radical (unpaired) electrons. The minimum Gasteiger partial charge on any atom is -0.343 e. The van der Waals surface area contributed by atoms with E-state index < -0.39 is 0 Å². The smallest absolute Gasteiger partial charge is 0.224 e. The summed E-state index contributed by atoms with van der Waals surface area (Å²) in [5.41, 5.74) is 0.663. The molecule has 1 aromatic carbocycles. The van der Waals surface area contributed by atoms with Crippen LogP contribution in [-0.2, 0) is 9.59 Å². The second kappa shape index (κ2) is 8.55. The minimum atomic E-state index is -0.118. The van der Waals surface area contributed by atoms with Gasteiger partial charge >= 0.3 is 0 Å². The molecule has 1 heterocycles. The van der Waals surface area contributed by atoms with Crippen LogP contribution in [0.15, 0.2) is 18.2 Å². The van der Waals surface area contributed by atoms with Crippen molar-refractivity contribution in [3.05, 3.63) is 28.2 Å². The highest BCUT2D eigenvalue weighted by Crippen LogP contribution is 2.27. The van der Waals surface area contributed by atoms with E-state index >= 15 is 0 Å². The summed E-state index contributed by atoms with van der Waals surface area (Å²) in [6.07, 6.45) is 4.82. The zero-order valence-electron chi connectivity index (χ0n) is 13.4. The first-order valence-corrected chi connectivity index (χ1v) is 8.75. The van der Waals surface area contributed by atoms with Gasteiger partial charge in [0.2, 0.25) is 11.8 Å². The second-order valence-corrected chi connectivity index (χ2v) is 6.63. The van der Waals surface area contributed by atoms with Gasteiger partial charge in [-0.25, -0.2) is 0 Å². The van der Waals surface area contributed by atoms with Gasteiger partial charge in [-0.05, 0) is 31.0 Å². The Morgan fingerprint density at radius 2 is 1.74 bits per heavy atom. The summed E-state index contributed by atoms with van der Waals surface area (Å²) in [7, 11) is 0. The Morgan fingerprint density at radius 1 is 1.09 bits per heavy atom. The molecule has 6 heteroatoms. The summed E-state index contributed by atoms with van der Waals surface area (Å²) in [5.74, 6) is -0.00901. The maximum absolute atomic E-state index is 12.4. The summed E-state index contributed by atoms with van der Waals surface area (Å²) in [4.78, 5) is 27.8. The van der Waals surface area contributed by atoms with E-state index in [2.05, 4.69) is 0 Å². The molecule has 1 saturated heterocycles. The molecule has 1 fully saturated rings. The third-order valence-corrected chi connectivity index (χ3v) is 4.84. The number of amides is 2. The summed E-state index contributed by atoms with van der Waals surface area (Å²) < 4.78 is 0. The number of hydrogen-bond acceptors (Lipinski definition) is 2. The lowest BCUT2D eigenvalue weighted by atomic mass is 10.2. The number of carbonyl (C=O) groups is 2. The maximum Gasteiger partial charge on any atom is 0.224 e. The average Bonchev–Trinajstić information content (AvgIpc) is 2.79. The Morgan fingerprint density at radius 3 is 2.30 bits per heavy atom.